The monoisotopic (exact) mass is 642 g/mol. The van der Waals surface area contributed by atoms with Gasteiger partial charge in [-0.1, -0.05) is 108 Å². The molecule has 1 unspecified atom stereocenters. The van der Waals surface area contributed by atoms with Crippen LogP contribution in [0.5, 0.6) is 0 Å². The van der Waals surface area contributed by atoms with Gasteiger partial charge < -0.3 is 9.47 Å². The van der Waals surface area contributed by atoms with E-state index in [4.69, 9.17) is 25.4 Å². The predicted molar refractivity (Wildman–Crippen MR) is 167 cm³/mol. The van der Waals surface area contributed by atoms with E-state index in [-0.39, 0.29) is 18.6 Å². The van der Waals surface area contributed by atoms with Crippen LogP contribution in [0.25, 0.3) is 10.4 Å². The summed E-state index contributed by atoms with van der Waals surface area (Å²) in [5.74, 6) is 5.13. The molecule has 3 N–H and O–H groups in total. The number of nitrogens with one attached hydrogen (secondary N) is 1. The molecule has 0 aromatic carbocycles. The van der Waals surface area contributed by atoms with Gasteiger partial charge in [-0.2, -0.15) is 0 Å². The Morgan fingerprint density at radius 3 is 2.11 bits per heavy atom. The number of H-pyrrole nitrogens is 1. The lowest BCUT2D eigenvalue weighted by atomic mass is 10.0. The molecule has 0 amide bonds. The van der Waals surface area contributed by atoms with Crippen LogP contribution < -0.4 is 17.1 Å². The molecule has 250 valence electrons. The quantitative estimate of drug-likeness (QED) is 0.0289. The molecule has 1 fully saturated rings. The van der Waals surface area contributed by atoms with Crippen LogP contribution in [-0.2, 0) is 23.2 Å². The van der Waals surface area contributed by atoms with Gasteiger partial charge in [0.1, 0.15) is 6.23 Å². The van der Waals surface area contributed by atoms with E-state index in [2.05, 4.69) is 26.6 Å². The van der Waals surface area contributed by atoms with Crippen molar-refractivity contribution < 1.29 is 28.0 Å². The van der Waals surface area contributed by atoms with E-state index >= 15 is 0 Å². The first-order valence-electron chi connectivity index (χ1n) is 16.1. The Balaban J connectivity index is 1.63. The van der Waals surface area contributed by atoms with Crippen molar-refractivity contribution in [2.75, 3.05) is 13.2 Å². The highest BCUT2D eigenvalue weighted by molar-refractivity contribution is 7.71. The maximum atomic E-state index is 12.9. The predicted octanol–water partition coefficient (Wildman–Crippen LogP) is 7.31. The van der Waals surface area contributed by atoms with Crippen molar-refractivity contribution in [2.45, 2.75) is 141 Å². The SMILES string of the molecule is CCCCCCCCCCCCCCCCCCOC(=O)P(=O)(ON)OC[C@H]1O[C@@H](n2cc(C)c(=O)[nH]c2=O)C[C@@H]1N=[N+]=[N-]. The molecule has 1 saturated heterocycles. The van der Waals surface area contributed by atoms with Crippen LogP contribution in [-0.4, -0.2) is 40.6 Å². The van der Waals surface area contributed by atoms with Gasteiger partial charge in [-0.05, 0) is 18.9 Å². The number of carbonyl (C=O) groups excluding carboxylic acids is 1. The number of hydrogen-bond acceptors (Lipinski definition) is 10. The van der Waals surface area contributed by atoms with Gasteiger partial charge in [-0.15, -0.1) is 0 Å². The molecule has 1 aromatic heterocycles. The van der Waals surface area contributed by atoms with E-state index in [1.54, 1.807) is 0 Å². The fourth-order valence-corrected chi connectivity index (χ4v) is 6.06. The topological polar surface area (TPSA) is 201 Å². The second-order valence-corrected chi connectivity index (χ2v) is 13.3. The number of aromatic nitrogens is 2. The zero-order valence-corrected chi connectivity index (χ0v) is 27.2. The van der Waals surface area contributed by atoms with Gasteiger partial charge in [-0.3, -0.25) is 18.9 Å². The van der Waals surface area contributed by atoms with Crippen molar-refractivity contribution in [1.82, 2.24) is 9.55 Å². The fourth-order valence-electron chi connectivity index (χ4n) is 5.21. The highest BCUT2D eigenvalue weighted by atomic mass is 31.2. The average molecular weight is 643 g/mol. The highest BCUT2D eigenvalue weighted by Crippen LogP contribution is 2.49. The maximum absolute atomic E-state index is 12.9. The average Bonchev–Trinajstić information content (AvgIpc) is 3.41. The molecule has 2 heterocycles. The minimum atomic E-state index is -4.51. The van der Waals surface area contributed by atoms with Crippen molar-refractivity contribution in [3.63, 3.8) is 0 Å². The second kappa shape index (κ2) is 21.3. The summed E-state index contributed by atoms with van der Waals surface area (Å²) in [4.78, 5) is 41.3. The molecule has 1 aliphatic rings. The first-order valence-corrected chi connectivity index (χ1v) is 17.6. The number of nitrogens with two attached hydrogens (primary N) is 1. The van der Waals surface area contributed by atoms with Crippen LogP contribution in [0.1, 0.15) is 128 Å². The minimum Gasteiger partial charge on any atom is -0.457 e. The zero-order valence-electron chi connectivity index (χ0n) is 26.3. The summed E-state index contributed by atoms with van der Waals surface area (Å²) in [6.45, 7) is 3.33. The van der Waals surface area contributed by atoms with Gasteiger partial charge >= 0.3 is 19.0 Å². The van der Waals surface area contributed by atoms with E-state index in [1.807, 2.05) is 0 Å². The summed E-state index contributed by atoms with van der Waals surface area (Å²) < 4.78 is 34.6. The molecule has 44 heavy (non-hydrogen) atoms. The van der Waals surface area contributed by atoms with Crippen LogP contribution in [0.3, 0.4) is 0 Å². The Morgan fingerprint density at radius 1 is 1.05 bits per heavy atom. The number of aryl methyl sites for hydroxylation is 1. The lowest BCUT2D eigenvalue weighted by molar-refractivity contribution is -0.0249. The first-order chi connectivity index (χ1) is 21.3. The molecule has 15 heteroatoms. The minimum absolute atomic E-state index is 0.0474. The smallest absolute Gasteiger partial charge is 0.454 e. The van der Waals surface area contributed by atoms with Crippen LogP contribution in [0.15, 0.2) is 20.9 Å². The summed E-state index contributed by atoms with van der Waals surface area (Å²) in [6.07, 6.45) is 19.0. The first kappa shape index (κ1) is 37.7. The largest absolute Gasteiger partial charge is 0.457 e. The lowest BCUT2D eigenvalue weighted by Crippen LogP contribution is -2.33. The molecular weight excluding hydrogens is 591 g/mol. The molecule has 0 aliphatic carbocycles. The maximum Gasteiger partial charge on any atom is 0.454 e. The molecule has 14 nitrogen and oxygen atoms in total. The van der Waals surface area contributed by atoms with E-state index in [1.165, 1.54) is 90.2 Å². The van der Waals surface area contributed by atoms with Crippen LogP contribution in [0.2, 0.25) is 0 Å². The molecule has 0 bridgehead atoms. The van der Waals surface area contributed by atoms with E-state index in [0.717, 1.165) is 23.8 Å². The van der Waals surface area contributed by atoms with Gasteiger partial charge in [0, 0.05) is 23.1 Å². The summed E-state index contributed by atoms with van der Waals surface area (Å²) in [5, 5.41) is 3.66. The van der Waals surface area contributed by atoms with Crippen molar-refractivity contribution in [1.29, 1.82) is 0 Å². The zero-order chi connectivity index (χ0) is 32.2. The number of azide groups is 1. The van der Waals surface area contributed by atoms with Gasteiger partial charge in [0.25, 0.3) is 5.56 Å². The van der Waals surface area contributed by atoms with Crippen molar-refractivity contribution in [2.24, 2.45) is 11.0 Å². The third-order valence-corrected chi connectivity index (χ3v) is 9.20. The number of unbranched alkanes of at least 4 members (excludes halogenated alkanes) is 15. The van der Waals surface area contributed by atoms with Crippen LogP contribution >= 0.6 is 7.60 Å². The fraction of sp³-hybridized carbons (Fsp3) is 0.828. The van der Waals surface area contributed by atoms with Gasteiger partial charge in [-0.25, -0.2) is 24.7 Å². The van der Waals surface area contributed by atoms with Crippen LogP contribution in [0, 0.1) is 6.92 Å². The third-order valence-electron chi connectivity index (χ3n) is 7.85. The lowest BCUT2D eigenvalue weighted by Gasteiger charge is -2.19. The Morgan fingerprint density at radius 2 is 1.59 bits per heavy atom. The number of ether oxygens (including phenoxy) is 2. The van der Waals surface area contributed by atoms with Crippen molar-refractivity contribution in [3.8, 4) is 0 Å². The van der Waals surface area contributed by atoms with Gasteiger partial charge in [0.2, 0.25) is 0 Å². The Bertz CT molecular complexity index is 1200. The standard InChI is InChI=1S/C29H51N6O8P/c1-3-4-5-6-7-8-9-10-11-12-13-14-15-16-17-18-19-40-29(38)44(39,43-31)41-22-25-24(33-34-30)20-26(42-25)35-21-23(2)27(36)32-28(35)37/h21,24-26H,3-20,22,31H2,1-2H3,(H,32,36,37)/t24-,25+,26+,44?/m0/s1. The van der Waals surface area contributed by atoms with E-state index < -0.39 is 49.5 Å². The Kier molecular flexibility index (Phi) is 18.3. The Labute approximate surface area is 259 Å². The molecule has 1 aromatic rings. The molecule has 0 saturated carbocycles. The molecule has 0 radical (unpaired) electrons. The molecule has 2 rings (SSSR count). The highest BCUT2D eigenvalue weighted by Gasteiger charge is 2.42. The summed E-state index contributed by atoms with van der Waals surface area (Å²) in [7, 11) is -4.51. The van der Waals surface area contributed by atoms with Crippen molar-refractivity contribution >= 4 is 13.3 Å². The summed E-state index contributed by atoms with van der Waals surface area (Å²) in [5.41, 5.74) is 6.77. The third kappa shape index (κ3) is 13.3. The second-order valence-electron chi connectivity index (χ2n) is 11.4. The van der Waals surface area contributed by atoms with Crippen molar-refractivity contribution in [3.05, 3.63) is 43.0 Å². The molecule has 1 aliphatic heterocycles. The number of aromatic amines is 1. The van der Waals surface area contributed by atoms with Gasteiger partial charge in [0.15, 0.2) is 0 Å². The molecular formula is C29H51N6O8P. The normalized spacial score (nSPS) is 19.4. The van der Waals surface area contributed by atoms with E-state index in [0.29, 0.717) is 6.42 Å². The number of hydrogen-bond donors (Lipinski definition) is 2. The summed E-state index contributed by atoms with van der Waals surface area (Å²) >= 11 is 0. The molecule has 0 spiro atoms. The summed E-state index contributed by atoms with van der Waals surface area (Å²) in [6, 6.07) is -0.823. The van der Waals surface area contributed by atoms with Gasteiger partial charge in [0.05, 0.1) is 25.4 Å². The Hall–Kier alpha value is -2.47. The molecule has 4 atom stereocenters. The number of rotatable bonds is 24. The number of carbonyl (C=O) groups is 1. The number of nitrogens with zero attached hydrogens (tertiary/aromatic N) is 4. The van der Waals surface area contributed by atoms with Crippen LogP contribution in [0.4, 0.5) is 4.79 Å². The van der Waals surface area contributed by atoms with E-state index in [9.17, 15) is 18.9 Å².